The van der Waals surface area contributed by atoms with Crippen molar-refractivity contribution >= 4 is 5.84 Å². The Hall–Kier alpha value is -1.66. The number of nitrogens with zero attached hydrogens (tertiary/aromatic N) is 1. The molecule has 2 rings (SSSR count). The van der Waals surface area contributed by atoms with Gasteiger partial charge in [0.05, 0.1) is 5.60 Å². The molecule has 1 aromatic carbocycles. The van der Waals surface area contributed by atoms with Crippen LogP contribution in [-0.2, 0) is 6.54 Å². The van der Waals surface area contributed by atoms with Crippen molar-refractivity contribution < 1.29 is 14.7 Å². The minimum absolute atomic E-state index is 0.126. The van der Waals surface area contributed by atoms with Crippen molar-refractivity contribution in [2.45, 2.75) is 31.4 Å². The molecule has 0 unspecified atom stereocenters. The summed E-state index contributed by atoms with van der Waals surface area (Å²) in [4.78, 5) is 0. The van der Waals surface area contributed by atoms with E-state index in [9.17, 15) is 9.50 Å². The van der Waals surface area contributed by atoms with E-state index < -0.39 is 11.4 Å². The third-order valence-corrected chi connectivity index (χ3v) is 3.51. The molecule has 0 amide bonds. The molecule has 1 aromatic rings. The van der Waals surface area contributed by atoms with Gasteiger partial charge >= 0.3 is 0 Å². The summed E-state index contributed by atoms with van der Waals surface area (Å²) in [6.07, 6.45) is 2.65. The minimum Gasteiger partial charge on any atom is -0.409 e. The Morgan fingerprint density at radius 1 is 1.47 bits per heavy atom. The van der Waals surface area contributed by atoms with Gasteiger partial charge in [-0.05, 0) is 37.0 Å². The highest BCUT2D eigenvalue weighted by Gasteiger charge is 2.33. The predicted octanol–water partition coefficient (Wildman–Crippen LogP) is 0.925. The van der Waals surface area contributed by atoms with Crippen LogP contribution in [0.5, 0.6) is 0 Å². The zero-order valence-electron chi connectivity index (χ0n) is 10.6. The molecule has 5 nitrogen and oxygen atoms in total. The normalized spacial score (nSPS) is 18.1. The Kier molecular flexibility index (Phi) is 4.01. The number of halogens is 1. The van der Waals surface area contributed by atoms with Crippen LogP contribution in [-0.4, -0.2) is 28.3 Å². The summed E-state index contributed by atoms with van der Waals surface area (Å²) in [7, 11) is 0. The zero-order chi connectivity index (χ0) is 13.9. The van der Waals surface area contributed by atoms with E-state index in [0.29, 0.717) is 18.7 Å². The summed E-state index contributed by atoms with van der Waals surface area (Å²) in [6.45, 7) is 0.911. The lowest BCUT2D eigenvalue weighted by molar-refractivity contribution is -0.0314. The van der Waals surface area contributed by atoms with Crippen LogP contribution in [0, 0.1) is 5.82 Å². The maximum absolute atomic E-state index is 13.2. The van der Waals surface area contributed by atoms with E-state index in [-0.39, 0.29) is 5.84 Å². The number of nitrogens with one attached hydrogen (secondary N) is 1. The molecule has 5 N–H and O–H groups in total. The lowest BCUT2D eigenvalue weighted by Gasteiger charge is -2.36. The Morgan fingerprint density at radius 3 is 2.79 bits per heavy atom. The van der Waals surface area contributed by atoms with E-state index in [1.807, 2.05) is 0 Å². The van der Waals surface area contributed by atoms with Crippen molar-refractivity contribution in [1.29, 1.82) is 0 Å². The minimum atomic E-state index is -0.614. The number of rotatable bonds is 5. The van der Waals surface area contributed by atoms with Gasteiger partial charge < -0.3 is 21.4 Å². The molecule has 1 aliphatic carbocycles. The van der Waals surface area contributed by atoms with Gasteiger partial charge in [-0.15, -0.1) is 0 Å². The summed E-state index contributed by atoms with van der Waals surface area (Å²) in [5, 5.41) is 24.6. The molecule has 0 atom stereocenters. The summed E-state index contributed by atoms with van der Waals surface area (Å²) in [5.41, 5.74) is 5.98. The molecule has 1 fully saturated rings. The van der Waals surface area contributed by atoms with Crippen molar-refractivity contribution in [3.63, 3.8) is 0 Å². The van der Waals surface area contributed by atoms with E-state index >= 15 is 0 Å². The molecule has 0 bridgehead atoms. The Morgan fingerprint density at radius 2 is 2.21 bits per heavy atom. The van der Waals surface area contributed by atoms with E-state index in [1.54, 1.807) is 6.07 Å². The van der Waals surface area contributed by atoms with Crippen LogP contribution in [0.3, 0.4) is 0 Å². The summed E-state index contributed by atoms with van der Waals surface area (Å²) in [5.74, 6) is -0.568. The summed E-state index contributed by atoms with van der Waals surface area (Å²) < 4.78 is 13.2. The molecular weight excluding hydrogens is 249 g/mol. The van der Waals surface area contributed by atoms with Gasteiger partial charge in [0.2, 0.25) is 0 Å². The first kappa shape index (κ1) is 13.8. The van der Waals surface area contributed by atoms with Crippen molar-refractivity contribution in [1.82, 2.24) is 5.32 Å². The van der Waals surface area contributed by atoms with Gasteiger partial charge in [-0.2, -0.15) is 0 Å². The highest BCUT2D eigenvalue weighted by atomic mass is 19.1. The van der Waals surface area contributed by atoms with Gasteiger partial charge in [0.1, 0.15) is 5.82 Å². The third kappa shape index (κ3) is 3.21. The van der Waals surface area contributed by atoms with E-state index in [0.717, 1.165) is 24.8 Å². The maximum atomic E-state index is 13.2. The second-order valence-electron chi connectivity index (χ2n) is 4.97. The molecule has 0 radical (unpaired) electrons. The number of oxime groups is 1. The fraction of sp³-hybridized carbons (Fsp3) is 0.462. The standard InChI is InChI=1S/C13H18FN3O2/c14-10-3-2-9(11(6-10)12(15)17-19)7-16-8-13(18)4-1-5-13/h2-3,6,16,18-19H,1,4-5,7-8H2,(H2,15,17). The molecule has 0 heterocycles. The first-order valence-electron chi connectivity index (χ1n) is 6.23. The highest BCUT2D eigenvalue weighted by molar-refractivity contribution is 5.98. The van der Waals surface area contributed by atoms with Gasteiger partial charge in [-0.3, -0.25) is 0 Å². The largest absolute Gasteiger partial charge is 0.409 e. The lowest BCUT2D eigenvalue weighted by atomic mass is 9.80. The van der Waals surface area contributed by atoms with Crippen molar-refractivity contribution in [3.8, 4) is 0 Å². The molecule has 6 heteroatoms. The first-order valence-corrected chi connectivity index (χ1v) is 6.23. The molecular formula is C13H18FN3O2. The fourth-order valence-corrected chi connectivity index (χ4v) is 2.19. The quantitative estimate of drug-likeness (QED) is 0.276. The zero-order valence-corrected chi connectivity index (χ0v) is 10.6. The third-order valence-electron chi connectivity index (χ3n) is 3.51. The van der Waals surface area contributed by atoms with E-state index in [4.69, 9.17) is 10.9 Å². The molecule has 0 aliphatic heterocycles. The summed E-state index contributed by atoms with van der Waals surface area (Å²) in [6, 6.07) is 4.13. The first-order chi connectivity index (χ1) is 9.04. The molecule has 1 saturated carbocycles. The van der Waals surface area contributed by atoms with Crippen molar-refractivity contribution in [3.05, 3.63) is 35.1 Å². The van der Waals surface area contributed by atoms with Crippen molar-refractivity contribution in [2.75, 3.05) is 6.54 Å². The fourth-order valence-electron chi connectivity index (χ4n) is 2.19. The van der Waals surface area contributed by atoms with E-state index in [1.165, 1.54) is 12.1 Å². The molecule has 0 spiro atoms. The number of amidine groups is 1. The van der Waals surface area contributed by atoms with Gasteiger partial charge in [0.15, 0.2) is 5.84 Å². The lowest BCUT2D eigenvalue weighted by Crippen LogP contribution is -2.46. The molecule has 0 aromatic heterocycles. The summed E-state index contributed by atoms with van der Waals surface area (Å²) >= 11 is 0. The molecule has 19 heavy (non-hydrogen) atoms. The Labute approximate surface area is 110 Å². The SMILES string of the molecule is N/C(=N/O)c1cc(F)ccc1CNCC1(O)CCC1. The van der Waals surface area contributed by atoms with Crippen LogP contribution < -0.4 is 11.1 Å². The van der Waals surface area contributed by atoms with Crippen LogP contribution in [0.1, 0.15) is 30.4 Å². The van der Waals surface area contributed by atoms with Gasteiger partial charge in [0.25, 0.3) is 0 Å². The number of hydrogen-bond donors (Lipinski definition) is 4. The maximum Gasteiger partial charge on any atom is 0.170 e. The average molecular weight is 267 g/mol. The second kappa shape index (κ2) is 5.54. The Bertz CT molecular complexity index is 487. The number of nitrogens with two attached hydrogens (primary N) is 1. The van der Waals surface area contributed by atoms with Crippen LogP contribution >= 0.6 is 0 Å². The second-order valence-corrected chi connectivity index (χ2v) is 4.97. The van der Waals surface area contributed by atoms with Gasteiger partial charge in [-0.1, -0.05) is 11.2 Å². The number of benzene rings is 1. The van der Waals surface area contributed by atoms with Crippen LogP contribution in [0.25, 0.3) is 0 Å². The van der Waals surface area contributed by atoms with Crippen molar-refractivity contribution in [2.24, 2.45) is 10.9 Å². The molecule has 1 aliphatic rings. The average Bonchev–Trinajstić information content (AvgIpc) is 2.37. The van der Waals surface area contributed by atoms with Crippen LogP contribution in [0.2, 0.25) is 0 Å². The molecule has 0 saturated heterocycles. The smallest absolute Gasteiger partial charge is 0.170 e. The number of aliphatic hydroxyl groups is 1. The highest BCUT2D eigenvalue weighted by Crippen LogP contribution is 2.30. The van der Waals surface area contributed by atoms with Crippen LogP contribution in [0.15, 0.2) is 23.4 Å². The number of hydrogen-bond acceptors (Lipinski definition) is 4. The monoisotopic (exact) mass is 267 g/mol. The Balaban J connectivity index is 2.03. The predicted molar refractivity (Wildman–Crippen MR) is 69.4 cm³/mol. The molecule has 104 valence electrons. The van der Waals surface area contributed by atoms with Crippen LogP contribution in [0.4, 0.5) is 4.39 Å². The van der Waals surface area contributed by atoms with E-state index in [2.05, 4.69) is 10.5 Å². The topological polar surface area (TPSA) is 90.9 Å². The van der Waals surface area contributed by atoms with Gasteiger partial charge in [-0.25, -0.2) is 4.39 Å². The van der Waals surface area contributed by atoms with Gasteiger partial charge in [0, 0.05) is 18.7 Å².